The lowest BCUT2D eigenvalue weighted by Gasteiger charge is -2.44. The minimum absolute atomic E-state index is 0.108. The Morgan fingerprint density at radius 2 is 1.52 bits per heavy atom. The Kier molecular flexibility index (Phi) is 9.85. The Balaban J connectivity index is 2.47. The molecule has 5 nitrogen and oxygen atoms in total. The number of benzene rings is 2. The Labute approximate surface area is 199 Å². The molecule has 2 rings (SSSR count). The summed E-state index contributed by atoms with van der Waals surface area (Å²) in [5.41, 5.74) is -1.20. The first-order valence-electron chi connectivity index (χ1n) is 11.8. The molecule has 182 valence electrons. The van der Waals surface area contributed by atoms with Gasteiger partial charge in [-0.05, 0) is 40.6 Å². The quantitative estimate of drug-likeness (QED) is 0.364. The van der Waals surface area contributed by atoms with Gasteiger partial charge in [0.15, 0.2) is 0 Å². The average molecular weight is 473 g/mol. The van der Waals surface area contributed by atoms with Crippen molar-refractivity contribution in [3.63, 3.8) is 0 Å². The van der Waals surface area contributed by atoms with Crippen LogP contribution in [0.2, 0.25) is 5.04 Å². The maximum Gasteiger partial charge on any atom is 0.305 e. The number of hydrogen-bond donors (Lipinski definition) is 2. The standard InChI is InChI=1S/C27H40O5Si/c1-6-27(30,21-28)19-22(17-18-25(29)31-5)20-32-33(26(2,3)4,23-13-9-7-10-14-23)24-15-11-8-12-16-24/h7-16,22,28,30H,6,17-21H2,1-5H3/t22-,27+/m1/s1. The lowest BCUT2D eigenvalue weighted by Crippen LogP contribution is -2.67. The van der Waals surface area contributed by atoms with Crippen LogP contribution < -0.4 is 10.4 Å². The smallest absolute Gasteiger partial charge is 0.305 e. The van der Waals surface area contributed by atoms with Crippen molar-refractivity contribution in [1.29, 1.82) is 0 Å². The molecular formula is C27H40O5Si. The lowest BCUT2D eigenvalue weighted by atomic mass is 9.87. The summed E-state index contributed by atoms with van der Waals surface area (Å²) in [6.07, 6.45) is 1.55. The van der Waals surface area contributed by atoms with Crippen molar-refractivity contribution >= 4 is 24.7 Å². The largest absolute Gasteiger partial charge is 0.469 e. The molecule has 2 N–H and O–H groups in total. The van der Waals surface area contributed by atoms with Crippen molar-refractivity contribution in [3.8, 4) is 0 Å². The van der Waals surface area contributed by atoms with Gasteiger partial charge in [0.2, 0.25) is 0 Å². The van der Waals surface area contributed by atoms with Gasteiger partial charge in [0.1, 0.15) is 0 Å². The van der Waals surface area contributed by atoms with E-state index in [1.807, 2.05) is 43.3 Å². The molecular weight excluding hydrogens is 432 g/mol. The van der Waals surface area contributed by atoms with Crippen LogP contribution in [0.4, 0.5) is 0 Å². The first-order valence-corrected chi connectivity index (χ1v) is 13.7. The van der Waals surface area contributed by atoms with Crippen molar-refractivity contribution in [1.82, 2.24) is 0 Å². The normalized spacial score (nSPS) is 15.0. The van der Waals surface area contributed by atoms with E-state index in [4.69, 9.17) is 9.16 Å². The summed E-state index contributed by atoms with van der Waals surface area (Å²) in [5, 5.41) is 22.8. The molecule has 0 saturated carbocycles. The van der Waals surface area contributed by atoms with Crippen molar-refractivity contribution < 1.29 is 24.2 Å². The molecule has 0 aliphatic heterocycles. The fourth-order valence-electron chi connectivity index (χ4n) is 4.53. The number of rotatable bonds is 12. The van der Waals surface area contributed by atoms with E-state index in [2.05, 4.69) is 45.0 Å². The molecule has 0 unspecified atom stereocenters. The Morgan fingerprint density at radius 1 is 1.00 bits per heavy atom. The first kappa shape index (κ1) is 27.3. The fraction of sp³-hybridized carbons (Fsp3) is 0.519. The van der Waals surface area contributed by atoms with Crippen LogP contribution in [0.25, 0.3) is 0 Å². The topological polar surface area (TPSA) is 76.0 Å². The minimum atomic E-state index is -2.73. The zero-order chi connectivity index (χ0) is 24.5. The number of aliphatic hydroxyl groups is 2. The molecule has 0 aliphatic rings. The second-order valence-corrected chi connectivity index (χ2v) is 14.2. The molecule has 0 bridgehead atoms. The van der Waals surface area contributed by atoms with Crippen LogP contribution in [0.5, 0.6) is 0 Å². The highest BCUT2D eigenvalue weighted by Gasteiger charge is 2.50. The molecule has 2 aromatic carbocycles. The zero-order valence-corrected chi connectivity index (χ0v) is 21.7. The fourth-order valence-corrected chi connectivity index (χ4v) is 9.17. The van der Waals surface area contributed by atoms with E-state index < -0.39 is 13.9 Å². The number of aliphatic hydroxyl groups excluding tert-OH is 1. The highest BCUT2D eigenvalue weighted by molar-refractivity contribution is 6.99. The number of methoxy groups -OCH3 is 1. The second-order valence-electron chi connectivity index (χ2n) is 9.90. The minimum Gasteiger partial charge on any atom is -0.469 e. The summed E-state index contributed by atoms with van der Waals surface area (Å²) in [6, 6.07) is 20.8. The van der Waals surface area contributed by atoms with Gasteiger partial charge in [0, 0.05) is 13.0 Å². The Morgan fingerprint density at radius 3 is 1.91 bits per heavy atom. The summed E-state index contributed by atoms with van der Waals surface area (Å²) in [4.78, 5) is 11.9. The summed E-state index contributed by atoms with van der Waals surface area (Å²) in [5.74, 6) is -0.391. The third kappa shape index (κ3) is 6.76. The van der Waals surface area contributed by atoms with Gasteiger partial charge in [-0.1, -0.05) is 88.4 Å². The number of esters is 1. The molecule has 33 heavy (non-hydrogen) atoms. The van der Waals surface area contributed by atoms with E-state index in [9.17, 15) is 15.0 Å². The van der Waals surface area contributed by atoms with Crippen LogP contribution >= 0.6 is 0 Å². The second kappa shape index (κ2) is 11.9. The summed E-state index contributed by atoms with van der Waals surface area (Å²) < 4.78 is 11.9. The molecule has 0 fully saturated rings. The third-order valence-corrected chi connectivity index (χ3v) is 11.6. The van der Waals surface area contributed by atoms with Gasteiger partial charge in [-0.25, -0.2) is 0 Å². The number of ether oxygens (including phenoxy) is 1. The van der Waals surface area contributed by atoms with Gasteiger partial charge >= 0.3 is 5.97 Å². The molecule has 0 aliphatic carbocycles. The van der Waals surface area contributed by atoms with Gasteiger partial charge in [0.25, 0.3) is 8.32 Å². The number of hydrogen-bond acceptors (Lipinski definition) is 5. The van der Waals surface area contributed by atoms with E-state index in [1.165, 1.54) is 17.5 Å². The van der Waals surface area contributed by atoms with Crippen LogP contribution in [-0.4, -0.2) is 50.4 Å². The SMILES string of the molecule is CC[C@@](O)(CO)C[C@@H](CCC(=O)OC)CO[Si](c1ccccc1)(c1ccccc1)C(C)(C)C. The molecule has 6 heteroatoms. The highest BCUT2D eigenvalue weighted by atomic mass is 28.4. The van der Waals surface area contributed by atoms with Gasteiger partial charge < -0.3 is 19.4 Å². The summed E-state index contributed by atoms with van der Waals surface area (Å²) in [7, 11) is -1.35. The summed E-state index contributed by atoms with van der Waals surface area (Å²) >= 11 is 0. The third-order valence-electron chi connectivity index (χ3n) is 6.56. The van der Waals surface area contributed by atoms with E-state index in [0.29, 0.717) is 25.9 Å². The average Bonchev–Trinajstić information content (AvgIpc) is 2.82. The predicted molar refractivity (Wildman–Crippen MR) is 135 cm³/mol. The highest BCUT2D eigenvalue weighted by Crippen LogP contribution is 2.37. The van der Waals surface area contributed by atoms with Crippen molar-refractivity contribution in [2.24, 2.45) is 5.92 Å². The Hall–Kier alpha value is -1.99. The molecule has 0 heterocycles. The summed E-state index contributed by atoms with van der Waals surface area (Å²) in [6.45, 7) is 8.58. The lowest BCUT2D eigenvalue weighted by molar-refractivity contribution is -0.141. The maximum absolute atomic E-state index is 11.9. The van der Waals surface area contributed by atoms with Crippen LogP contribution in [0.1, 0.15) is 53.4 Å². The molecule has 2 atom stereocenters. The molecule has 2 aromatic rings. The molecule has 0 spiro atoms. The molecule has 0 aromatic heterocycles. The monoisotopic (exact) mass is 472 g/mol. The van der Waals surface area contributed by atoms with E-state index >= 15 is 0 Å². The van der Waals surface area contributed by atoms with Crippen LogP contribution in [0.15, 0.2) is 60.7 Å². The van der Waals surface area contributed by atoms with Crippen LogP contribution in [0, 0.1) is 5.92 Å². The van der Waals surface area contributed by atoms with Crippen LogP contribution in [-0.2, 0) is 14.0 Å². The molecule has 0 radical (unpaired) electrons. The molecule has 0 saturated heterocycles. The van der Waals surface area contributed by atoms with Gasteiger partial charge in [0.05, 0.1) is 19.3 Å². The van der Waals surface area contributed by atoms with Crippen LogP contribution in [0.3, 0.4) is 0 Å². The zero-order valence-electron chi connectivity index (χ0n) is 20.7. The number of carbonyl (C=O) groups excluding carboxylic acids is 1. The molecule has 0 amide bonds. The maximum atomic E-state index is 11.9. The van der Waals surface area contributed by atoms with Gasteiger partial charge in [-0.3, -0.25) is 4.79 Å². The predicted octanol–water partition coefficient (Wildman–Crippen LogP) is 3.66. The Bertz CT molecular complexity index is 804. The van der Waals surface area contributed by atoms with E-state index in [-0.39, 0.29) is 30.0 Å². The van der Waals surface area contributed by atoms with Gasteiger partial charge in [-0.2, -0.15) is 0 Å². The van der Waals surface area contributed by atoms with E-state index in [1.54, 1.807) is 0 Å². The van der Waals surface area contributed by atoms with Crippen molar-refractivity contribution in [3.05, 3.63) is 60.7 Å². The van der Waals surface area contributed by atoms with Crippen molar-refractivity contribution in [2.45, 2.75) is 64.0 Å². The van der Waals surface area contributed by atoms with Gasteiger partial charge in [-0.15, -0.1) is 0 Å². The van der Waals surface area contributed by atoms with E-state index in [0.717, 1.165) is 0 Å². The van der Waals surface area contributed by atoms with Crippen molar-refractivity contribution in [2.75, 3.05) is 20.3 Å². The first-order chi connectivity index (χ1) is 15.6. The number of carbonyl (C=O) groups is 1.